The van der Waals surface area contributed by atoms with Gasteiger partial charge in [-0.3, -0.25) is 0 Å². The molecular weight excluding hydrogens is 406 g/mol. The first-order chi connectivity index (χ1) is 9.44. The number of halogens is 2. The van der Waals surface area contributed by atoms with Gasteiger partial charge in [-0.2, -0.15) is 0 Å². The molecule has 1 aromatic rings. The second-order valence-corrected chi connectivity index (χ2v) is 8.71. The number of sulfonamides is 1. The third kappa shape index (κ3) is 3.84. The Bertz CT molecular complexity index is 575. The Morgan fingerprint density at radius 1 is 1.25 bits per heavy atom. The van der Waals surface area contributed by atoms with Gasteiger partial charge in [0.1, 0.15) is 0 Å². The number of benzene rings is 1. The maximum absolute atomic E-state index is 12.5. The molecule has 0 heterocycles. The van der Waals surface area contributed by atoms with Gasteiger partial charge in [-0.05, 0) is 52.9 Å². The van der Waals surface area contributed by atoms with Crippen LogP contribution in [0.5, 0.6) is 0 Å². The zero-order valence-corrected chi connectivity index (χ0v) is 15.4. The number of hydrogen-bond acceptors (Lipinski definition) is 2. The van der Waals surface area contributed by atoms with Crippen LogP contribution in [0.3, 0.4) is 0 Å². The van der Waals surface area contributed by atoms with Crippen molar-refractivity contribution in [2.45, 2.75) is 50.0 Å². The summed E-state index contributed by atoms with van der Waals surface area (Å²) in [5.41, 5.74) is 0. The zero-order valence-electron chi connectivity index (χ0n) is 11.4. The van der Waals surface area contributed by atoms with Gasteiger partial charge in [-0.25, -0.2) is 13.1 Å². The molecule has 6 heteroatoms. The molecule has 1 fully saturated rings. The largest absolute Gasteiger partial charge is 0.241 e. The molecule has 1 aliphatic carbocycles. The minimum Gasteiger partial charge on any atom is -0.208 e. The van der Waals surface area contributed by atoms with E-state index in [1.807, 2.05) is 0 Å². The average Bonchev–Trinajstić information content (AvgIpc) is 2.38. The van der Waals surface area contributed by atoms with Gasteiger partial charge in [0.05, 0.1) is 4.90 Å². The summed E-state index contributed by atoms with van der Waals surface area (Å²) in [6, 6.07) is 5.19. The fourth-order valence-electron chi connectivity index (χ4n) is 2.81. The van der Waals surface area contributed by atoms with Crippen LogP contribution in [0.15, 0.2) is 32.0 Å². The first-order valence-corrected chi connectivity index (χ1v) is 9.98. The molecule has 3 nitrogen and oxygen atoms in total. The molecule has 1 aliphatic rings. The first kappa shape index (κ1) is 16.5. The Morgan fingerprint density at radius 2 is 1.95 bits per heavy atom. The van der Waals surface area contributed by atoms with E-state index < -0.39 is 10.0 Å². The van der Waals surface area contributed by atoms with E-state index in [1.54, 1.807) is 18.2 Å². The van der Waals surface area contributed by atoms with Crippen LogP contribution >= 0.6 is 31.9 Å². The summed E-state index contributed by atoms with van der Waals surface area (Å²) in [4.78, 5) is 0.307. The number of nitrogens with one attached hydrogen (secondary N) is 1. The molecule has 112 valence electrons. The maximum atomic E-state index is 12.5. The summed E-state index contributed by atoms with van der Waals surface area (Å²) in [6.07, 6.45) is 5.38. The highest BCUT2D eigenvalue weighted by Crippen LogP contribution is 2.30. The molecule has 0 saturated heterocycles. The molecule has 2 rings (SSSR count). The SMILES string of the molecule is CCC1CCCCC1NS(=O)(=O)c1ccc(Br)cc1Br. The van der Waals surface area contributed by atoms with E-state index in [-0.39, 0.29) is 6.04 Å². The van der Waals surface area contributed by atoms with Crippen molar-refractivity contribution in [3.63, 3.8) is 0 Å². The molecule has 1 N–H and O–H groups in total. The standard InChI is InChI=1S/C14H19Br2NO2S/c1-2-10-5-3-4-6-13(10)17-20(18,19)14-8-7-11(15)9-12(14)16/h7-10,13,17H,2-6H2,1H3. The number of hydrogen-bond donors (Lipinski definition) is 1. The van der Waals surface area contributed by atoms with Crippen LogP contribution < -0.4 is 4.72 Å². The summed E-state index contributed by atoms with van der Waals surface area (Å²) in [5.74, 6) is 0.452. The van der Waals surface area contributed by atoms with Gasteiger partial charge in [0.15, 0.2) is 0 Å². The van der Waals surface area contributed by atoms with Crippen LogP contribution in [0, 0.1) is 5.92 Å². The van der Waals surface area contributed by atoms with E-state index in [0.717, 1.165) is 30.2 Å². The van der Waals surface area contributed by atoms with Crippen LogP contribution in [0.1, 0.15) is 39.0 Å². The smallest absolute Gasteiger partial charge is 0.208 e. The lowest BCUT2D eigenvalue weighted by Gasteiger charge is -2.31. The minimum atomic E-state index is -3.47. The average molecular weight is 425 g/mol. The van der Waals surface area contributed by atoms with Crippen LogP contribution in [-0.4, -0.2) is 14.5 Å². The van der Waals surface area contributed by atoms with Crippen molar-refractivity contribution < 1.29 is 8.42 Å². The molecule has 2 atom stereocenters. The maximum Gasteiger partial charge on any atom is 0.241 e. The van der Waals surface area contributed by atoms with E-state index in [4.69, 9.17) is 0 Å². The molecule has 20 heavy (non-hydrogen) atoms. The highest BCUT2D eigenvalue weighted by atomic mass is 79.9. The molecule has 0 bridgehead atoms. The highest BCUT2D eigenvalue weighted by Gasteiger charge is 2.29. The molecule has 0 amide bonds. The predicted octanol–water partition coefficient (Wildman–Crippen LogP) is 4.46. The van der Waals surface area contributed by atoms with Crippen LogP contribution in [-0.2, 0) is 10.0 Å². The van der Waals surface area contributed by atoms with E-state index >= 15 is 0 Å². The second kappa shape index (κ2) is 6.90. The third-order valence-electron chi connectivity index (χ3n) is 3.92. The normalized spacial score (nSPS) is 23.8. The summed E-state index contributed by atoms with van der Waals surface area (Å²) in [5, 5.41) is 0. The molecule has 0 spiro atoms. The van der Waals surface area contributed by atoms with Crippen LogP contribution in [0.4, 0.5) is 0 Å². The fraction of sp³-hybridized carbons (Fsp3) is 0.571. The molecule has 1 saturated carbocycles. The quantitative estimate of drug-likeness (QED) is 0.775. The van der Waals surface area contributed by atoms with Crippen molar-refractivity contribution >= 4 is 41.9 Å². The summed E-state index contributed by atoms with van der Waals surface area (Å²) < 4.78 is 29.4. The van der Waals surface area contributed by atoms with Gasteiger partial charge in [-0.1, -0.05) is 42.1 Å². The highest BCUT2D eigenvalue weighted by molar-refractivity contribution is 9.11. The van der Waals surface area contributed by atoms with Crippen LogP contribution in [0.25, 0.3) is 0 Å². The molecule has 0 aliphatic heterocycles. The molecule has 0 aromatic heterocycles. The van der Waals surface area contributed by atoms with Gasteiger partial charge >= 0.3 is 0 Å². The summed E-state index contributed by atoms with van der Waals surface area (Å²) in [7, 11) is -3.47. The van der Waals surface area contributed by atoms with E-state index in [2.05, 4.69) is 43.5 Å². The molecule has 0 radical (unpaired) electrons. The van der Waals surface area contributed by atoms with Crippen LogP contribution in [0.2, 0.25) is 0 Å². The summed E-state index contributed by atoms with van der Waals surface area (Å²) >= 11 is 6.67. The van der Waals surface area contributed by atoms with Crippen molar-refractivity contribution in [3.05, 3.63) is 27.1 Å². The minimum absolute atomic E-state index is 0.0642. The Balaban J connectivity index is 2.22. The van der Waals surface area contributed by atoms with E-state index in [1.165, 1.54) is 6.42 Å². The second-order valence-electron chi connectivity index (χ2n) is 5.26. The van der Waals surface area contributed by atoms with Crippen molar-refractivity contribution in [2.75, 3.05) is 0 Å². The van der Waals surface area contributed by atoms with E-state index in [9.17, 15) is 8.42 Å². The van der Waals surface area contributed by atoms with Crippen molar-refractivity contribution in [1.29, 1.82) is 0 Å². The molecule has 2 unspecified atom stereocenters. The Labute approximate surface area is 137 Å². The predicted molar refractivity (Wildman–Crippen MR) is 88.2 cm³/mol. The van der Waals surface area contributed by atoms with Gasteiger partial charge in [0.25, 0.3) is 0 Å². The molecule has 1 aromatic carbocycles. The van der Waals surface area contributed by atoms with Gasteiger partial charge in [0.2, 0.25) is 10.0 Å². The topological polar surface area (TPSA) is 46.2 Å². The van der Waals surface area contributed by atoms with Crippen molar-refractivity contribution in [1.82, 2.24) is 4.72 Å². The lowest BCUT2D eigenvalue weighted by Crippen LogP contribution is -2.41. The third-order valence-corrected chi connectivity index (χ3v) is 6.88. The van der Waals surface area contributed by atoms with E-state index in [0.29, 0.717) is 15.3 Å². The first-order valence-electron chi connectivity index (χ1n) is 6.91. The fourth-order valence-corrected chi connectivity index (χ4v) is 5.89. The lowest BCUT2D eigenvalue weighted by atomic mass is 9.83. The van der Waals surface area contributed by atoms with Crippen molar-refractivity contribution in [2.24, 2.45) is 5.92 Å². The monoisotopic (exact) mass is 423 g/mol. The Hall–Kier alpha value is 0.0900. The van der Waals surface area contributed by atoms with Gasteiger partial charge in [-0.15, -0.1) is 0 Å². The molecular formula is C14H19Br2NO2S. The summed E-state index contributed by atoms with van der Waals surface area (Å²) in [6.45, 7) is 2.13. The number of rotatable bonds is 4. The Kier molecular flexibility index (Phi) is 5.68. The van der Waals surface area contributed by atoms with Gasteiger partial charge < -0.3 is 0 Å². The van der Waals surface area contributed by atoms with Gasteiger partial charge in [0, 0.05) is 15.0 Å². The lowest BCUT2D eigenvalue weighted by molar-refractivity contribution is 0.282. The zero-order chi connectivity index (χ0) is 14.8. The Morgan fingerprint density at radius 3 is 2.60 bits per heavy atom. The van der Waals surface area contributed by atoms with Crippen molar-refractivity contribution in [3.8, 4) is 0 Å².